The minimum Gasteiger partial charge on any atom is -0.0616 e. The van der Waals surface area contributed by atoms with Crippen molar-refractivity contribution in [2.24, 2.45) is 0 Å². The molecule has 0 saturated heterocycles. The quantitative estimate of drug-likeness (QED) is 0.569. The summed E-state index contributed by atoms with van der Waals surface area (Å²) in [4.78, 5) is 0. The number of fused-ring (bicyclic) bond motifs is 1. The highest BCUT2D eigenvalue weighted by Gasteiger charge is 2.07. The summed E-state index contributed by atoms with van der Waals surface area (Å²) in [5, 5.41) is 3.88. The topological polar surface area (TPSA) is 0 Å². The Morgan fingerprint density at radius 1 is 0.786 bits per heavy atom. The van der Waals surface area contributed by atoms with E-state index in [0.29, 0.717) is 0 Å². The molecule has 0 atom stereocenters. The molecule has 1 heteroatoms. The minimum absolute atomic E-state index is 1.23. The van der Waals surface area contributed by atoms with E-state index in [2.05, 4.69) is 55.3 Å². The van der Waals surface area contributed by atoms with Gasteiger partial charge in [0.2, 0.25) is 0 Å². The molecule has 0 aromatic heterocycles. The molecule has 14 heavy (non-hydrogen) atoms. The van der Waals surface area contributed by atoms with Gasteiger partial charge in [0.1, 0.15) is 0 Å². The molecular formula is C13H13Si. The first-order chi connectivity index (χ1) is 6.63. The standard InChI is InChI=1S/C13H13Si/c1-8-9(2)11-6-4-5-7-12(11)13(14)10(8)3/h4-7H,1-3H3. The number of benzene rings is 2. The molecule has 0 N–H and O–H groups in total. The van der Waals surface area contributed by atoms with E-state index in [4.69, 9.17) is 0 Å². The van der Waals surface area contributed by atoms with E-state index in [1.54, 1.807) is 0 Å². The molecule has 2 aromatic rings. The largest absolute Gasteiger partial charge is 0.0724 e. The van der Waals surface area contributed by atoms with Crippen LogP contribution in [0.2, 0.25) is 0 Å². The fourth-order valence-electron chi connectivity index (χ4n) is 1.90. The molecule has 3 radical (unpaired) electrons. The van der Waals surface area contributed by atoms with Crippen LogP contribution in [0.5, 0.6) is 0 Å². The van der Waals surface area contributed by atoms with Crippen LogP contribution in [0.15, 0.2) is 24.3 Å². The van der Waals surface area contributed by atoms with Gasteiger partial charge < -0.3 is 0 Å². The first-order valence-electron chi connectivity index (χ1n) is 4.83. The lowest BCUT2D eigenvalue weighted by Crippen LogP contribution is -2.12. The molecule has 0 amide bonds. The van der Waals surface area contributed by atoms with E-state index < -0.39 is 0 Å². The lowest BCUT2D eigenvalue weighted by Gasteiger charge is -2.13. The van der Waals surface area contributed by atoms with Crippen LogP contribution in [-0.4, -0.2) is 10.2 Å². The van der Waals surface area contributed by atoms with Crippen LogP contribution in [0.3, 0.4) is 0 Å². The van der Waals surface area contributed by atoms with Crippen molar-refractivity contribution < 1.29 is 0 Å². The Balaban J connectivity index is 3.02. The van der Waals surface area contributed by atoms with Crippen molar-refractivity contribution in [3.63, 3.8) is 0 Å². The average molecular weight is 197 g/mol. The third-order valence-corrected chi connectivity index (χ3v) is 3.74. The number of aryl methyl sites for hydroxylation is 1. The molecule has 2 aromatic carbocycles. The van der Waals surface area contributed by atoms with Crippen LogP contribution in [0.25, 0.3) is 10.8 Å². The number of hydrogen-bond acceptors (Lipinski definition) is 0. The molecule has 2 rings (SSSR count). The van der Waals surface area contributed by atoms with Gasteiger partial charge in [-0.05, 0) is 48.2 Å². The molecule has 0 aliphatic heterocycles. The maximum Gasteiger partial charge on any atom is 0.0724 e. The Morgan fingerprint density at radius 2 is 1.36 bits per heavy atom. The molecule has 0 aliphatic rings. The Hall–Kier alpha value is -1.08. The van der Waals surface area contributed by atoms with Crippen molar-refractivity contribution in [3.05, 3.63) is 41.0 Å². The second-order valence-electron chi connectivity index (χ2n) is 3.80. The fourth-order valence-corrected chi connectivity index (χ4v) is 2.31. The fraction of sp³-hybridized carbons (Fsp3) is 0.231. The molecule has 0 bridgehead atoms. The van der Waals surface area contributed by atoms with Crippen LogP contribution in [-0.2, 0) is 0 Å². The first kappa shape index (κ1) is 9.47. The Morgan fingerprint density at radius 3 is 2.00 bits per heavy atom. The zero-order valence-corrected chi connectivity index (χ0v) is 9.81. The van der Waals surface area contributed by atoms with E-state index in [0.717, 1.165) is 0 Å². The summed E-state index contributed by atoms with van der Waals surface area (Å²) in [5.74, 6) is 0. The van der Waals surface area contributed by atoms with Gasteiger partial charge in [-0.3, -0.25) is 0 Å². The average Bonchev–Trinajstić information content (AvgIpc) is 2.23. The van der Waals surface area contributed by atoms with Crippen LogP contribution >= 0.6 is 0 Å². The van der Waals surface area contributed by atoms with Gasteiger partial charge in [-0.15, -0.1) is 0 Å². The summed E-state index contributed by atoms with van der Waals surface area (Å²) in [6.45, 7) is 6.54. The highest BCUT2D eigenvalue weighted by molar-refractivity contribution is 6.40. The highest BCUT2D eigenvalue weighted by Crippen LogP contribution is 2.21. The van der Waals surface area contributed by atoms with Gasteiger partial charge in [-0.25, -0.2) is 0 Å². The molecule has 0 spiro atoms. The second-order valence-corrected chi connectivity index (χ2v) is 4.30. The Labute approximate surface area is 88.4 Å². The van der Waals surface area contributed by atoms with Crippen LogP contribution < -0.4 is 5.19 Å². The molecule has 0 saturated carbocycles. The van der Waals surface area contributed by atoms with Crippen molar-refractivity contribution in [1.82, 2.24) is 0 Å². The molecule has 0 nitrogen and oxygen atoms in total. The summed E-state index contributed by atoms with van der Waals surface area (Å²) in [7, 11) is 3.72. The lowest BCUT2D eigenvalue weighted by molar-refractivity contribution is 1.31. The molecule has 0 heterocycles. The van der Waals surface area contributed by atoms with Crippen LogP contribution in [0.1, 0.15) is 16.7 Å². The predicted molar refractivity (Wildman–Crippen MR) is 63.5 cm³/mol. The SMILES string of the molecule is Cc1c(C)c([Si])c2ccccc2c1C. The summed E-state index contributed by atoms with van der Waals surface area (Å²) < 4.78 is 0. The highest BCUT2D eigenvalue weighted by atomic mass is 28.1. The Kier molecular flexibility index (Phi) is 2.20. The summed E-state index contributed by atoms with van der Waals surface area (Å²) >= 11 is 0. The van der Waals surface area contributed by atoms with E-state index in [9.17, 15) is 0 Å². The maximum atomic E-state index is 3.72. The van der Waals surface area contributed by atoms with Gasteiger partial charge in [0.25, 0.3) is 0 Å². The van der Waals surface area contributed by atoms with Crippen molar-refractivity contribution in [2.45, 2.75) is 20.8 Å². The van der Waals surface area contributed by atoms with Crippen LogP contribution in [0, 0.1) is 20.8 Å². The van der Waals surface area contributed by atoms with Crippen molar-refractivity contribution in [3.8, 4) is 0 Å². The van der Waals surface area contributed by atoms with E-state index in [1.165, 1.54) is 32.6 Å². The normalized spacial score (nSPS) is 10.9. The van der Waals surface area contributed by atoms with Crippen molar-refractivity contribution in [1.29, 1.82) is 0 Å². The summed E-state index contributed by atoms with van der Waals surface area (Å²) in [6, 6.07) is 8.52. The zero-order chi connectivity index (χ0) is 10.3. The van der Waals surface area contributed by atoms with E-state index in [-0.39, 0.29) is 0 Å². The molecule has 0 fully saturated rings. The number of rotatable bonds is 0. The zero-order valence-electron chi connectivity index (χ0n) is 8.81. The molecule has 69 valence electrons. The van der Waals surface area contributed by atoms with Gasteiger partial charge in [-0.1, -0.05) is 29.5 Å². The van der Waals surface area contributed by atoms with Gasteiger partial charge in [-0.2, -0.15) is 0 Å². The smallest absolute Gasteiger partial charge is 0.0616 e. The van der Waals surface area contributed by atoms with Gasteiger partial charge in [0.15, 0.2) is 0 Å². The van der Waals surface area contributed by atoms with Gasteiger partial charge in [0, 0.05) is 0 Å². The van der Waals surface area contributed by atoms with E-state index in [1.807, 2.05) is 0 Å². The van der Waals surface area contributed by atoms with Gasteiger partial charge >= 0.3 is 0 Å². The minimum atomic E-state index is 1.23. The summed E-state index contributed by atoms with van der Waals surface area (Å²) in [6.07, 6.45) is 0. The van der Waals surface area contributed by atoms with E-state index >= 15 is 0 Å². The second kappa shape index (κ2) is 3.25. The number of hydrogen-bond donors (Lipinski definition) is 0. The predicted octanol–water partition coefficient (Wildman–Crippen LogP) is 2.56. The lowest BCUT2D eigenvalue weighted by atomic mass is 9.96. The van der Waals surface area contributed by atoms with Crippen LogP contribution in [0.4, 0.5) is 0 Å². The van der Waals surface area contributed by atoms with Crippen molar-refractivity contribution in [2.75, 3.05) is 0 Å². The molecule has 0 aliphatic carbocycles. The monoisotopic (exact) mass is 197 g/mol. The van der Waals surface area contributed by atoms with Crippen molar-refractivity contribution >= 4 is 26.2 Å². The van der Waals surface area contributed by atoms with Gasteiger partial charge in [0.05, 0.1) is 10.2 Å². The third-order valence-electron chi connectivity index (χ3n) is 3.10. The maximum absolute atomic E-state index is 3.72. The molecule has 0 unspecified atom stereocenters. The first-order valence-corrected chi connectivity index (χ1v) is 5.33. The summed E-state index contributed by atoms with van der Waals surface area (Å²) in [5.41, 5.74) is 4.12. The molecular weight excluding hydrogens is 184 g/mol. The Bertz CT molecular complexity index is 452. The third kappa shape index (κ3) is 1.20.